The molecule has 0 aliphatic heterocycles. The van der Waals surface area contributed by atoms with Crippen molar-refractivity contribution in [2.75, 3.05) is 0 Å². The van der Waals surface area contributed by atoms with Gasteiger partial charge < -0.3 is 0 Å². The molecule has 0 aromatic heterocycles. The zero-order valence-electron chi connectivity index (χ0n) is 3.49. The van der Waals surface area contributed by atoms with Crippen LogP contribution in [0.2, 0.25) is 0 Å². The standard InChI is InChI=1S/C4H8.H2S/c1-3-4-2;/h3H,1,4H2,2H3;1H2. The average Bonchev–Trinajstić information content (AvgIpc) is 1.37. The fourth-order valence-electron chi connectivity index (χ4n) is 0. The smallest absolute Gasteiger partial charge is 0.0382 e. The molecule has 0 bridgehead atoms. The van der Waals surface area contributed by atoms with Gasteiger partial charge in [-0.1, -0.05) is 13.0 Å². The lowest BCUT2D eigenvalue weighted by atomic mass is 10.5. The van der Waals surface area contributed by atoms with Gasteiger partial charge >= 0.3 is 0 Å². The average molecular weight is 90.2 g/mol. The molecule has 0 N–H and O–H groups in total. The zero-order chi connectivity index (χ0) is 3.41. The minimum Gasteiger partial charge on any atom is -0.197 e. The molecule has 0 saturated heterocycles. The molecule has 0 aliphatic rings. The van der Waals surface area contributed by atoms with Gasteiger partial charge in [0.2, 0.25) is 0 Å². The minimum atomic E-state index is 0. The third-order valence-corrected chi connectivity index (χ3v) is 0.289. The van der Waals surface area contributed by atoms with Crippen molar-refractivity contribution < 1.29 is 0 Å². The van der Waals surface area contributed by atoms with Crippen molar-refractivity contribution in [3.63, 3.8) is 0 Å². The molecule has 0 nitrogen and oxygen atoms in total. The van der Waals surface area contributed by atoms with Gasteiger partial charge in [0.1, 0.15) is 0 Å². The molecule has 1 heteroatoms. The quantitative estimate of drug-likeness (QED) is 0.430. The molecule has 0 atom stereocenters. The molecule has 0 aromatic carbocycles. The van der Waals surface area contributed by atoms with Crippen LogP contribution in [0.5, 0.6) is 0 Å². The SMILES string of the molecule is C=CCC.S. The van der Waals surface area contributed by atoms with Gasteiger partial charge in [-0.2, -0.15) is 13.5 Å². The Morgan fingerprint density at radius 3 is 2.00 bits per heavy atom. The van der Waals surface area contributed by atoms with E-state index < -0.39 is 0 Å². The van der Waals surface area contributed by atoms with Gasteiger partial charge in [0.15, 0.2) is 0 Å². The van der Waals surface area contributed by atoms with Crippen LogP contribution in [0.1, 0.15) is 13.3 Å². The Kier molecular flexibility index (Phi) is 15.9. The molecular formula is C4H10S. The second-order valence-electron chi connectivity index (χ2n) is 0.697. The van der Waals surface area contributed by atoms with E-state index in [0.29, 0.717) is 0 Å². The van der Waals surface area contributed by atoms with Gasteiger partial charge in [-0.15, -0.1) is 6.58 Å². The largest absolute Gasteiger partial charge is 0.197 e. The molecule has 0 radical (unpaired) electrons. The lowest BCUT2D eigenvalue weighted by molar-refractivity contribution is 1.23. The van der Waals surface area contributed by atoms with Gasteiger partial charge in [-0.3, -0.25) is 0 Å². The van der Waals surface area contributed by atoms with Crippen LogP contribution >= 0.6 is 13.5 Å². The Hall–Kier alpha value is 0.0900. The van der Waals surface area contributed by atoms with Gasteiger partial charge in [0.25, 0.3) is 0 Å². The van der Waals surface area contributed by atoms with E-state index in [-0.39, 0.29) is 13.5 Å². The molecule has 5 heavy (non-hydrogen) atoms. The number of hydrogen-bond donors (Lipinski definition) is 0. The van der Waals surface area contributed by atoms with E-state index in [0.717, 1.165) is 6.42 Å². The highest BCUT2D eigenvalue weighted by Crippen LogP contribution is 1.66. The van der Waals surface area contributed by atoms with Gasteiger partial charge in [0.05, 0.1) is 0 Å². The molecule has 0 amide bonds. The van der Waals surface area contributed by atoms with Crippen LogP contribution in [0, 0.1) is 0 Å². The Bertz CT molecular complexity index is 17.6. The van der Waals surface area contributed by atoms with E-state index in [1.165, 1.54) is 0 Å². The van der Waals surface area contributed by atoms with E-state index in [2.05, 4.69) is 13.5 Å². The van der Waals surface area contributed by atoms with Crippen LogP contribution in [0.25, 0.3) is 0 Å². The summed E-state index contributed by atoms with van der Waals surface area (Å²) >= 11 is 0. The van der Waals surface area contributed by atoms with Crippen molar-refractivity contribution in [3.8, 4) is 0 Å². The Morgan fingerprint density at radius 1 is 1.80 bits per heavy atom. The van der Waals surface area contributed by atoms with Crippen LogP contribution in [0.4, 0.5) is 0 Å². The van der Waals surface area contributed by atoms with Crippen molar-refractivity contribution in [2.45, 2.75) is 13.3 Å². The topological polar surface area (TPSA) is 0 Å². The summed E-state index contributed by atoms with van der Waals surface area (Å²) in [4.78, 5) is 0. The zero-order valence-corrected chi connectivity index (χ0v) is 4.49. The normalized spacial score (nSPS) is 5.00. The Labute approximate surface area is 40.3 Å². The van der Waals surface area contributed by atoms with Gasteiger partial charge in [0, 0.05) is 0 Å². The van der Waals surface area contributed by atoms with Crippen LogP contribution in [-0.4, -0.2) is 0 Å². The number of hydrogen-bond acceptors (Lipinski definition) is 0. The third kappa shape index (κ3) is 15.0. The first-order valence-corrected chi connectivity index (χ1v) is 1.52. The van der Waals surface area contributed by atoms with Crippen LogP contribution in [0.3, 0.4) is 0 Å². The van der Waals surface area contributed by atoms with Crippen molar-refractivity contribution >= 4 is 13.5 Å². The Morgan fingerprint density at radius 2 is 2.00 bits per heavy atom. The molecule has 0 spiro atoms. The molecule has 0 aliphatic carbocycles. The molecular weight excluding hydrogens is 80.1 g/mol. The first kappa shape index (κ1) is 8.92. The molecule has 32 valence electrons. The van der Waals surface area contributed by atoms with E-state index in [9.17, 15) is 0 Å². The van der Waals surface area contributed by atoms with E-state index in [1.807, 2.05) is 6.08 Å². The number of allylic oxidation sites excluding steroid dienone is 1. The molecule has 0 rings (SSSR count). The molecule has 0 saturated carbocycles. The second-order valence-corrected chi connectivity index (χ2v) is 0.697. The summed E-state index contributed by atoms with van der Waals surface area (Å²) in [5.41, 5.74) is 0. The van der Waals surface area contributed by atoms with Crippen molar-refractivity contribution in [2.24, 2.45) is 0 Å². The lowest BCUT2D eigenvalue weighted by Gasteiger charge is -1.57. The first-order chi connectivity index (χ1) is 1.91. The minimum absolute atomic E-state index is 0. The summed E-state index contributed by atoms with van der Waals surface area (Å²) in [6, 6.07) is 0. The van der Waals surface area contributed by atoms with Crippen molar-refractivity contribution in [1.29, 1.82) is 0 Å². The molecule has 0 aromatic rings. The highest BCUT2D eigenvalue weighted by atomic mass is 32.1. The lowest BCUT2D eigenvalue weighted by Crippen LogP contribution is -1.36. The number of rotatable bonds is 1. The molecule has 0 fully saturated rings. The maximum atomic E-state index is 3.48. The van der Waals surface area contributed by atoms with Crippen molar-refractivity contribution in [3.05, 3.63) is 12.7 Å². The summed E-state index contributed by atoms with van der Waals surface area (Å²) in [5.74, 6) is 0. The summed E-state index contributed by atoms with van der Waals surface area (Å²) in [6.45, 7) is 5.54. The predicted molar refractivity (Wildman–Crippen MR) is 30.9 cm³/mol. The van der Waals surface area contributed by atoms with Gasteiger partial charge in [-0.25, -0.2) is 0 Å². The second kappa shape index (κ2) is 8.94. The summed E-state index contributed by atoms with van der Waals surface area (Å²) in [7, 11) is 0. The van der Waals surface area contributed by atoms with Crippen LogP contribution in [0.15, 0.2) is 12.7 Å². The monoisotopic (exact) mass is 90.1 g/mol. The maximum absolute atomic E-state index is 3.48. The van der Waals surface area contributed by atoms with Gasteiger partial charge in [-0.05, 0) is 6.42 Å². The fraction of sp³-hybridized carbons (Fsp3) is 0.500. The molecule has 0 heterocycles. The third-order valence-electron chi connectivity index (χ3n) is 0.289. The highest BCUT2D eigenvalue weighted by Gasteiger charge is 1.45. The van der Waals surface area contributed by atoms with E-state index in [1.54, 1.807) is 0 Å². The van der Waals surface area contributed by atoms with E-state index in [4.69, 9.17) is 0 Å². The summed E-state index contributed by atoms with van der Waals surface area (Å²) in [6.07, 6.45) is 2.96. The van der Waals surface area contributed by atoms with Crippen molar-refractivity contribution in [1.82, 2.24) is 0 Å². The first-order valence-electron chi connectivity index (χ1n) is 1.52. The fourth-order valence-corrected chi connectivity index (χ4v) is 0. The summed E-state index contributed by atoms with van der Waals surface area (Å²) in [5, 5.41) is 0. The molecule has 0 unspecified atom stereocenters. The maximum Gasteiger partial charge on any atom is -0.0382 e. The van der Waals surface area contributed by atoms with Crippen LogP contribution < -0.4 is 0 Å². The highest BCUT2D eigenvalue weighted by molar-refractivity contribution is 7.59. The predicted octanol–water partition coefficient (Wildman–Crippen LogP) is 1.70. The summed E-state index contributed by atoms with van der Waals surface area (Å²) < 4.78 is 0. The Balaban J connectivity index is 0. The van der Waals surface area contributed by atoms with E-state index >= 15 is 0 Å². The van der Waals surface area contributed by atoms with Crippen LogP contribution in [-0.2, 0) is 0 Å².